The summed E-state index contributed by atoms with van der Waals surface area (Å²) in [4.78, 5) is 7.55. The fourth-order valence-corrected chi connectivity index (χ4v) is 5.01. The fraction of sp³-hybridized carbons (Fsp3) is 0.458. The van der Waals surface area contributed by atoms with Gasteiger partial charge in [0.1, 0.15) is 0 Å². The smallest absolute Gasteiger partial charge is 0.153 e. The monoisotopic (exact) mass is 375 g/mol. The molecule has 3 aromatic rings. The number of hydrogen-bond donors (Lipinski definition) is 0. The predicted molar refractivity (Wildman–Crippen MR) is 114 cm³/mol. The fourth-order valence-electron chi connectivity index (χ4n) is 5.01. The average molecular weight is 376 g/mol. The molecule has 0 N–H and O–H groups in total. The lowest BCUT2D eigenvalue weighted by atomic mass is 9.89. The Balaban J connectivity index is 1.68. The van der Waals surface area contributed by atoms with Crippen LogP contribution in [0.2, 0.25) is 0 Å². The summed E-state index contributed by atoms with van der Waals surface area (Å²) < 4.78 is 7.82. The van der Waals surface area contributed by atoms with Gasteiger partial charge in [-0.05, 0) is 61.8 Å². The number of rotatable bonds is 5. The number of aryl methyl sites for hydroxylation is 1. The van der Waals surface area contributed by atoms with Crippen LogP contribution in [0.4, 0.5) is 5.82 Å². The quantitative estimate of drug-likeness (QED) is 0.641. The number of fused-ring (bicyclic) bond motifs is 2. The zero-order valence-corrected chi connectivity index (χ0v) is 17.1. The molecule has 1 aromatic carbocycles. The summed E-state index contributed by atoms with van der Waals surface area (Å²) in [6.07, 6.45) is 5.74. The number of methoxy groups -OCH3 is 1. The minimum Gasteiger partial charge on any atom is -0.383 e. The first-order valence-corrected chi connectivity index (χ1v) is 10.5. The Morgan fingerprint density at radius 3 is 2.75 bits per heavy atom. The highest BCUT2D eigenvalue weighted by atomic mass is 16.5. The van der Waals surface area contributed by atoms with Crippen LogP contribution in [0.15, 0.2) is 36.5 Å². The zero-order valence-electron chi connectivity index (χ0n) is 17.1. The van der Waals surface area contributed by atoms with Gasteiger partial charge in [-0.25, -0.2) is 4.98 Å². The predicted octanol–water partition coefficient (Wildman–Crippen LogP) is 4.81. The number of ether oxygens (including phenoxy) is 1. The number of benzene rings is 1. The normalized spacial score (nSPS) is 19.2. The van der Waals surface area contributed by atoms with Gasteiger partial charge in [0.25, 0.3) is 0 Å². The van der Waals surface area contributed by atoms with Crippen LogP contribution in [0.3, 0.4) is 0 Å². The van der Waals surface area contributed by atoms with Gasteiger partial charge in [0, 0.05) is 37.5 Å². The lowest BCUT2D eigenvalue weighted by molar-refractivity contribution is 0.188. The van der Waals surface area contributed by atoms with Crippen molar-refractivity contribution in [3.05, 3.63) is 58.9 Å². The topological polar surface area (TPSA) is 30.3 Å². The van der Waals surface area contributed by atoms with Crippen molar-refractivity contribution in [1.82, 2.24) is 9.55 Å². The Hall–Kier alpha value is -2.33. The third-order valence-electron chi connectivity index (χ3n) is 6.72. The van der Waals surface area contributed by atoms with E-state index in [0.717, 1.165) is 31.2 Å². The first-order chi connectivity index (χ1) is 13.7. The van der Waals surface area contributed by atoms with E-state index >= 15 is 0 Å². The number of nitrogens with zero attached hydrogens (tertiary/aromatic N) is 3. The van der Waals surface area contributed by atoms with Crippen molar-refractivity contribution in [2.45, 2.75) is 45.7 Å². The van der Waals surface area contributed by atoms with Crippen LogP contribution in [0.5, 0.6) is 0 Å². The van der Waals surface area contributed by atoms with Gasteiger partial charge in [0.05, 0.1) is 18.2 Å². The number of hydrogen-bond acceptors (Lipinski definition) is 3. The molecule has 2 aliphatic rings. The maximum atomic E-state index is 5.41. The molecule has 0 saturated heterocycles. The maximum Gasteiger partial charge on any atom is 0.153 e. The molecule has 3 heterocycles. The summed E-state index contributed by atoms with van der Waals surface area (Å²) in [5.74, 6) is 1.90. The van der Waals surface area contributed by atoms with Crippen LogP contribution in [0, 0.1) is 19.8 Å². The molecular weight excluding hydrogens is 346 g/mol. The van der Waals surface area contributed by atoms with Crippen LogP contribution in [0.1, 0.15) is 41.3 Å². The molecule has 1 saturated carbocycles. The molecule has 0 amide bonds. The Morgan fingerprint density at radius 2 is 1.96 bits per heavy atom. The van der Waals surface area contributed by atoms with Gasteiger partial charge in [0.15, 0.2) is 5.82 Å². The number of anilines is 1. The number of aromatic nitrogens is 2. The molecule has 0 radical (unpaired) electrons. The maximum absolute atomic E-state index is 5.41. The molecule has 1 fully saturated rings. The van der Waals surface area contributed by atoms with Gasteiger partial charge < -0.3 is 14.2 Å². The number of pyridine rings is 1. The second kappa shape index (κ2) is 6.93. The molecule has 4 nitrogen and oxygen atoms in total. The minimum absolute atomic E-state index is 0.453. The van der Waals surface area contributed by atoms with Gasteiger partial charge in [-0.15, -0.1) is 0 Å². The van der Waals surface area contributed by atoms with E-state index in [1.807, 2.05) is 6.20 Å². The molecule has 1 unspecified atom stereocenters. The summed E-state index contributed by atoms with van der Waals surface area (Å²) in [6, 6.07) is 11.7. The Kier molecular flexibility index (Phi) is 4.39. The summed E-state index contributed by atoms with van der Waals surface area (Å²) in [7, 11) is 1.78. The van der Waals surface area contributed by atoms with Crippen molar-refractivity contribution in [2.24, 2.45) is 5.92 Å². The van der Waals surface area contributed by atoms with Crippen molar-refractivity contribution >= 4 is 16.7 Å². The van der Waals surface area contributed by atoms with E-state index in [-0.39, 0.29) is 0 Å². The lowest BCUT2D eigenvalue weighted by Gasteiger charge is -2.39. The first kappa shape index (κ1) is 17.7. The molecule has 1 aliphatic heterocycles. The van der Waals surface area contributed by atoms with Crippen LogP contribution in [-0.2, 0) is 17.7 Å². The Bertz CT molecular complexity index is 1020. The van der Waals surface area contributed by atoms with E-state index < -0.39 is 0 Å². The highest BCUT2D eigenvalue weighted by molar-refractivity contribution is 5.93. The van der Waals surface area contributed by atoms with Gasteiger partial charge in [0.2, 0.25) is 0 Å². The molecule has 2 aromatic heterocycles. The third-order valence-corrected chi connectivity index (χ3v) is 6.72. The van der Waals surface area contributed by atoms with Gasteiger partial charge in [-0.1, -0.05) is 24.3 Å². The van der Waals surface area contributed by atoms with Gasteiger partial charge in [-0.3, -0.25) is 0 Å². The molecule has 0 bridgehead atoms. The molecule has 1 aliphatic carbocycles. The van der Waals surface area contributed by atoms with E-state index in [1.54, 1.807) is 7.11 Å². The Labute approximate surface area is 167 Å². The molecular formula is C24H29N3O. The van der Waals surface area contributed by atoms with E-state index in [4.69, 9.17) is 9.72 Å². The summed E-state index contributed by atoms with van der Waals surface area (Å²) in [5, 5.41) is 1.33. The van der Waals surface area contributed by atoms with E-state index in [1.165, 1.54) is 46.1 Å². The van der Waals surface area contributed by atoms with Crippen LogP contribution < -0.4 is 4.90 Å². The molecule has 4 heteroatoms. The summed E-state index contributed by atoms with van der Waals surface area (Å²) >= 11 is 0. The van der Waals surface area contributed by atoms with Crippen molar-refractivity contribution in [3.8, 4) is 0 Å². The molecule has 0 spiro atoms. The van der Waals surface area contributed by atoms with Crippen LogP contribution in [0.25, 0.3) is 10.9 Å². The molecule has 146 valence electrons. The first-order valence-electron chi connectivity index (χ1n) is 10.5. The van der Waals surface area contributed by atoms with Crippen LogP contribution in [-0.4, -0.2) is 29.8 Å². The lowest BCUT2D eigenvalue weighted by Crippen LogP contribution is -2.37. The van der Waals surface area contributed by atoms with Crippen LogP contribution >= 0.6 is 0 Å². The van der Waals surface area contributed by atoms with Crippen molar-refractivity contribution < 1.29 is 4.74 Å². The standard InChI is InChI=1S/C24H29N3O/c1-16-17(2)26(14-15-28-3)23-20(16)10-12-25-24(23)27-13-11-18-6-4-5-7-21(18)22(27)19-8-9-19/h4-7,10,12,19,22H,8-9,11,13-15H2,1-3H3. The second-order valence-electron chi connectivity index (χ2n) is 8.31. The van der Waals surface area contributed by atoms with Gasteiger partial charge >= 0.3 is 0 Å². The third kappa shape index (κ3) is 2.74. The highest BCUT2D eigenvalue weighted by Crippen LogP contribution is 2.49. The molecule has 28 heavy (non-hydrogen) atoms. The van der Waals surface area contributed by atoms with E-state index in [0.29, 0.717) is 12.6 Å². The Morgan fingerprint density at radius 1 is 1.14 bits per heavy atom. The van der Waals surface area contributed by atoms with Crippen molar-refractivity contribution in [1.29, 1.82) is 0 Å². The van der Waals surface area contributed by atoms with Gasteiger partial charge in [-0.2, -0.15) is 0 Å². The largest absolute Gasteiger partial charge is 0.383 e. The second-order valence-corrected chi connectivity index (χ2v) is 8.31. The zero-order chi connectivity index (χ0) is 19.3. The van der Waals surface area contributed by atoms with E-state index in [9.17, 15) is 0 Å². The average Bonchev–Trinajstić information content (AvgIpc) is 3.54. The van der Waals surface area contributed by atoms with E-state index in [2.05, 4.69) is 53.6 Å². The highest BCUT2D eigenvalue weighted by Gasteiger charge is 2.40. The molecule has 1 atom stereocenters. The van der Waals surface area contributed by atoms with Crippen molar-refractivity contribution in [3.63, 3.8) is 0 Å². The molecule has 5 rings (SSSR count). The minimum atomic E-state index is 0.453. The summed E-state index contributed by atoms with van der Waals surface area (Å²) in [6.45, 7) is 7.07. The summed E-state index contributed by atoms with van der Waals surface area (Å²) in [5.41, 5.74) is 6.99. The van der Waals surface area contributed by atoms with Crippen molar-refractivity contribution in [2.75, 3.05) is 25.2 Å². The SMILES string of the molecule is COCCn1c(C)c(C)c2ccnc(N3CCc4ccccc4C3C3CC3)c21.